The van der Waals surface area contributed by atoms with Crippen LogP contribution < -0.4 is 5.32 Å². The highest BCUT2D eigenvalue weighted by molar-refractivity contribution is 5.90. The van der Waals surface area contributed by atoms with Gasteiger partial charge in [0.1, 0.15) is 17.4 Å². The Morgan fingerprint density at radius 3 is 2.44 bits per heavy atom. The fraction of sp³-hybridized carbons (Fsp3) is 0.273. The summed E-state index contributed by atoms with van der Waals surface area (Å²) in [7, 11) is 0. The zero-order valence-corrected chi connectivity index (χ0v) is 14.9. The van der Waals surface area contributed by atoms with Crippen LogP contribution in [0, 0.1) is 36.8 Å². The van der Waals surface area contributed by atoms with E-state index in [1.54, 1.807) is 31.2 Å². The molecular formula is C22H19F2NO2. The molecule has 0 aliphatic carbocycles. The predicted molar refractivity (Wildman–Crippen MR) is 98.0 cm³/mol. The molecule has 2 aromatic rings. The van der Waals surface area contributed by atoms with Gasteiger partial charge in [-0.25, -0.2) is 8.78 Å². The second kappa shape index (κ2) is 7.71. The topological polar surface area (TPSA) is 46.2 Å². The van der Waals surface area contributed by atoms with Crippen molar-refractivity contribution in [3.8, 4) is 12.3 Å². The van der Waals surface area contributed by atoms with Crippen LogP contribution in [0.1, 0.15) is 34.6 Å². The van der Waals surface area contributed by atoms with Crippen molar-refractivity contribution in [2.75, 3.05) is 6.54 Å². The fourth-order valence-electron chi connectivity index (χ4n) is 3.53. The highest BCUT2D eigenvalue weighted by atomic mass is 19.1. The molecule has 1 aliphatic rings. The molecule has 1 fully saturated rings. The summed E-state index contributed by atoms with van der Waals surface area (Å²) < 4.78 is 28.7. The lowest BCUT2D eigenvalue weighted by molar-refractivity contribution is -0.127. The number of aryl methyl sites for hydroxylation is 1. The summed E-state index contributed by atoms with van der Waals surface area (Å²) in [4.78, 5) is 24.7. The Morgan fingerprint density at radius 1 is 1.22 bits per heavy atom. The second-order valence-corrected chi connectivity index (χ2v) is 6.86. The molecule has 3 nitrogen and oxygen atoms in total. The van der Waals surface area contributed by atoms with Crippen molar-refractivity contribution >= 4 is 11.7 Å². The number of Topliss-reactive ketones (excluding diaryl/α,β-unsaturated/α-hetero) is 1. The molecular weight excluding hydrogens is 348 g/mol. The van der Waals surface area contributed by atoms with Crippen LogP contribution in [-0.4, -0.2) is 18.2 Å². The number of halogens is 2. The summed E-state index contributed by atoms with van der Waals surface area (Å²) in [5, 5.41) is 2.62. The molecule has 1 aliphatic heterocycles. The predicted octanol–water partition coefficient (Wildman–Crippen LogP) is 3.29. The summed E-state index contributed by atoms with van der Waals surface area (Å²) in [5.74, 6) is -0.867. The van der Waals surface area contributed by atoms with Gasteiger partial charge in [0.25, 0.3) is 0 Å². The third kappa shape index (κ3) is 4.06. The molecule has 0 aromatic heterocycles. The van der Waals surface area contributed by atoms with Crippen LogP contribution in [0.4, 0.5) is 8.78 Å². The van der Waals surface area contributed by atoms with E-state index < -0.39 is 23.5 Å². The van der Waals surface area contributed by atoms with Crippen LogP contribution in [0.3, 0.4) is 0 Å². The van der Waals surface area contributed by atoms with E-state index >= 15 is 0 Å². The molecule has 1 N–H and O–H groups in total. The zero-order chi connectivity index (χ0) is 19.6. The Labute approximate surface area is 156 Å². The third-order valence-corrected chi connectivity index (χ3v) is 4.88. The number of carbonyl (C=O) groups is 2. The molecule has 0 spiro atoms. The average molecular weight is 367 g/mol. The molecule has 0 saturated carbocycles. The Hall–Kier alpha value is -3.00. The van der Waals surface area contributed by atoms with Crippen LogP contribution >= 0.6 is 0 Å². The number of carbonyl (C=O) groups excluding carboxylic acids is 2. The number of terminal acetylenes is 1. The largest absolute Gasteiger partial charge is 0.355 e. The summed E-state index contributed by atoms with van der Waals surface area (Å²) in [6.45, 7) is 1.71. The summed E-state index contributed by atoms with van der Waals surface area (Å²) in [5.41, 5.74) is 1.83. The molecule has 1 heterocycles. The van der Waals surface area contributed by atoms with E-state index in [0.29, 0.717) is 11.1 Å². The molecule has 27 heavy (non-hydrogen) atoms. The monoisotopic (exact) mass is 367 g/mol. The van der Waals surface area contributed by atoms with Gasteiger partial charge >= 0.3 is 0 Å². The van der Waals surface area contributed by atoms with Crippen molar-refractivity contribution in [1.29, 1.82) is 0 Å². The summed E-state index contributed by atoms with van der Waals surface area (Å²) in [6.07, 6.45) is 5.38. The van der Waals surface area contributed by atoms with Gasteiger partial charge in [0, 0.05) is 36.4 Å². The van der Waals surface area contributed by atoms with E-state index in [1.807, 2.05) is 0 Å². The van der Waals surface area contributed by atoms with Gasteiger partial charge in [-0.3, -0.25) is 9.59 Å². The maximum atomic E-state index is 14.3. The second-order valence-electron chi connectivity index (χ2n) is 6.86. The molecule has 1 amide bonds. The minimum Gasteiger partial charge on any atom is -0.355 e. The van der Waals surface area contributed by atoms with Crippen LogP contribution in [0.25, 0.3) is 0 Å². The Kier molecular flexibility index (Phi) is 5.36. The number of hydrogen-bond donors (Lipinski definition) is 1. The van der Waals surface area contributed by atoms with Crippen molar-refractivity contribution in [1.82, 2.24) is 5.32 Å². The highest BCUT2D eigenvalue weighted by Crippen LogP contribution is 2.35. The van der Waals surface area contributed by atoms with Crippen molar-refractivity contribution in [2.24, 2.45) is 5.92 Å². The fourth-order valence-corrected chi connectivity index (χ4v) is 3.53. The minimum atomic E-state index is -0.783. The minimum absolute atomic E-state index is 0.0693. The van der Waals surface area contributed by atoms with Gasteiger partial charge in [0.2, 0.25) is 5.91 Å². The first-order valence-corrected chi connectivity index (χ1v) is 8.69. The lowest BCUT2D eigenvalue weighted by Gasteiger charge is -2.18. The van der Waals surface area contributed by atoms with Gasteiger partial charge in [-0.15, -0.1) is 6.42 Å². The molecule has 1 saturated heterocycles. The van der Waals surface area contributed by atoms with Crippen molar-refractivity contribution in [3.63, 3.8) is 0 Å². The molecule has 138 valence electrons. The van der Waals surface area contributed by atoms with Gasteiger partial charge in [-0.1, -0.05) is 18.1 Å². The Morgan fingerprint density at radius 2 is 1.85 bits per heavy atom. The first-order valence-electron chi connectivity index (χ1n) is 8.69. The van der Waals surface area contributed by atoms with Crippen molar-refractivity contribution in [2.45, 2.75) is 25.7 Å². The number of nitrogens with one attached hydrogen (secondary N) is 1. The normalized spacial score (nSPS) is 18.8. The summed E-state index contributed by atoms with van der Waals surface area (Å²) >= 11 is 0. The summed E-state index contributed by atoms with van der Waals surface area (Å²) in [6, 6.07) is 9.49. The highest BCUT2D eigenvalue weighted by Gasteiger charge is 2.39. The maximum Gasteiger partial charge on any atom is 0.224 e. The van der Waals surface area contributed by atoms with Crippen molar-refractivity contribution < 1.29 is 18.4 Å². The number of ketones is 1. The Bertz CT molecular complexity index is 905. The molecule has 0 bridgehead atoms. The van der Waals surface area contributed by atoms with E-state index in [9.17, 15) is 18.4 Å². The van der Waals surface area contributed by atoms with Gasteiger partial charge in [-0.05, 0) is 42.3 Å². The molecule has 3 rings (SSSR count). The molecule has 5 heteroatoms. The first kappa shape index (κ1) is 18.8. The van der Waals surface area contributed by atoms with E-state index in [1.165, 1.54) is 12.1 Å². The third-order valence-electron chi connectivity index (χ3n) is 4.88. The molecule has 2 atom stereocenters. The number of hydrogen-bond acceptors (Lipinski definition) is 2. The standard InChI is InChI=1S/C22H19F2NO2/c1-3-14-4-6-15(7-5-14)10-16(26)11-17-18(12-25-22(17)27)21-19(23)8-13(2)9-20(21)24/h1,4-9,17-18H,10-12H2,2H3,(H,25,27)/t17-,18+/m0/s1. The number of benzene rings is 2. The van der Waals surface area contributed by atoms with Gasteiger partial charge in [0.15, 0.2) is 0 Å². The van der Waals surface area contributed by atoms with Crippen LogP contribution in [0.2, 0.25) is 0 Å². The SMILES string of the molecule is C#Cc1ccc(CC(=O)C[C@@H]2C(=O)NC[C@H]2c2c(F)cc(C)cc2F)cc1. The zero-order valence-electron chi connectivity index (χ0n) is 14.9. The van der Waals surface area contributed by atoms with Gasteiger partial charge < -0.3 is 5.32 Å². The smallest absolute Gasteiger partial charge is 0.224 e. The lowest BCUT2D eigenvalue weighted by Crippen LogP contribution is -2.23. The lowest BCUT2D eigenvalue weighted by atomic mass is 9.83. The quantitative estimate of drug-likeness (QED) is 0.825. The van der Waals surface area contributed by atoms with E-state index in [0.717, 1.165) is 5.56 Å². The molecule has 2 aromatic carbocycles. The molecule has 0 radical (unpaired) electrons. The Balaban J connectivity index is 1.77. The van der Waals surface area contributed by atoms with Crippen LogP contribution in [0.15, 0.2) is 36.4 Å². The van der Waals surface area contributed by atoms with Crippen LogP contribution in [0.5, 0.6) is 0 Å². The number of rotatable bonds is 5. The maximum absolute atomic E-state index is 14.3. The van der Waals surface area contributed by atoms with Gasteiger partial charge in [0.05, 0.1) is 5.92 Å². The van der Waals surface area contributed by atoms with Crippen LogP contribution in [-0.2, 0) is 16.0 Å². The average Bonchev–Trinajstić information content (AvgIpc) is 2.95. The van der Waals surface area contributed by atoms with Gasteiger partial charge in [-0.2, -0.15) is 0 Å². The van der Waals surface area contributed by atoms with Crippen molar-refractivity contribution in [3.05, 3.63) is 70.3 Å². The van der Waals surface area contributed by atoms with E-state index in [-0.39, 0.29) is 36.6 Å². The van der Waals surface area contributed by atoms with E-state index in [4.69, 9.17) is 6.42 Å². The van der Waals surface area contributed by atoms with E-state index in [2.05, 4.69) is 11.2 Å². The molecule has 0 unspecified atom stereocenters. The number of amides is 1. The first-order chi connectivity index (χ1) is 12.9.